The molecule has 1 saturated carbocycles. The van der Waals surface area contributed by atoms with Crippen molar-refractivity contribution in [2.75, 3.05) is 4.90 Å². The molecule has 1 aromatic rings. The SMILES string of the molecule is CC1=C[C@H]2C[C@@H]1[C@@H]1C(=O)N(c3ccc(OC(F)(F)F)cc3)C(=O)[C@H]12. The van der Waals surface area contributed by atoms with E-state index in [1.54, 1.807) is 0 Å². The van der Waals surface area contributed by atoms with Gasteiger partial charge >= 0.3 is 6.36 Å². The van der Waals surface area contributed by atoms with Crippen LogP contribution in [0.4, 0.5) is 18.9 Å². The Morgan fingerprint density at radius 1 is 1.08 bits per heavy atom. The number of rotatable bonds is 2. The van der Waals surface area contributed by atoms with Crippen molar-refractivity contribution in [1.82, 2.24) is 0 Å². The molecule has 0 aromatic heterocycles. The molecule has 2 amide bonds. The first-order chi connectivity index (χ1) is 11.3. The Morgan fingerprint density at radius 3 is 2.33 bits per heavy atom. The number of ether oxygens (including phenoxy) is 1. The van der Waals surface area contributed by atoms with E-state index in [4.69, 9.17) is 0 Å². The standard InChI is InChI=1S/C17H14F3NO3/c1-8-6-9-7-12(8)14-13(9)15(22)21(16(14)23)10-2-4-11(5-3-10)24-17(18,19)20/h2-6,9,12-14H,7H2,1H3/t9-,12-,13-,14-/m0/s1. The van der Waals surface area contributed by atoms with Gasteiger partial charge in [-0.15, -0.1) is 13.2 Å². The summed E-state index contributed by atoms with van der Waals surface area (Å²) in [5, 5.41) is 0. The lowest BCUT2D eigenvalue weighted by Crippen LogP contribution is -2.32. The average molecular weight is 337 g/mol. The average Bonchev–Trinajstić information content (AvgIpc) is 3.10. The van der Waals surface area contributed by atoms with Gasteiger partial charge in [-0.05, 0) is 49.4 Å². The molecule has 0 unspecified atom stereocenters. The highest BCUT2D eigenvalue weighted by Gasteiger charge is 2.60. The number of carbonyl (C=O) groups excluding carboxylic acids is 2. The smallest absolute Gasteiger partial charge is 0.406 e. The molecular weight excluding hydrogens is 323 g/mol. The first-order valence-electron chi connectivity index (χ1n) is 7.68. The largest absolute Gasteiger partial charge is 0.573 e. The van der Waals surface area contributed by atoms with Gasteiger partial charge in [0.2, 0.25) is 11.8 Å². The van der Waals surface area contributed by atoms with Crippen molar-refractivity contribution in [3.05, 3.63) is 35.9 Å². The summed E-state index contributed by atoms with van der Waals surface area (Å²) in [7, 11) is 0. The number of allylic oxidation sites excluding steroid dienone is 2. The van der Waals surface area contributed by atoms with Crippen LogP contribution in [0.1, 0.15) is 13.3 Å². The molecule has 1 aromatic carbocycles. The number of benzene rings is 1. The Morgan fingerprint density at radius 2 is 1.71 bits per heavy atom. The highest BCUT2D eigenvalue weighted by Crippen LogP contribution is 2.55. The maximum Gasteiger partial charge on any atom is 0.573 e. The van der Waals surface area contributed by atoms with Crippen molar-refractivity contribution in [3.8, 4) is 5.75 Å². The van der Waals surface area contributed by atoms with Crippen LogP contribution in [0, 0.1) is 23.7 Å². The van der Waals surface area contributed by atoms with E-state index in [0.29, 0.717) is 0 Å². The minimum absolute atomic E-state index is 0.0919. The quantitative estimate of drug-likeness (QED) is 0.615. The van der Waals surface area contributed by atoms with Crippen LogP contribution in [0.2, 0.25) is 0 Å². The van der Waals surface area contributed by atoms with Crippen LogP contribution in [0.25, 0.3) is 0 Å². The van der Waals surface area contributed by atoms with Crippen molar-refractivity contribution in [3.63, 3.8) is 0 Å². The van der Waals surface area contributed by atoms with E-state index in [-0.39, 0.29) is 46.9 Å². The van der Waals surface area contributed by atoms with Gasteiger partial charge in [0.1, 0.15) is 5.75 Å². The molecule has 2 aliphatic carbocycles. The van der Waals surface area contributed by atoms with Crippen LogP contribution < -0.4 is 9.64 Å². The van der Waals surface area contributed by atoms with Gasteiger partial charge < -0.3 is 4.74 Å². The van der Waals surface area contributed by atoms with Gasteiger partial charge in [0.05, 0.1) is 17.5 Å². The second-order valence-electron chi connectivity index (χ2n) is 6.52. The van der Waals surface area contributed by atoms with Crippen LogP contribution in [0.15, 0.2) is 35.9 Å². The van der Waals surface area contributed by atoms with E-state index >= 15 is 0 Å². The van der Waals surface area contributed by atoms with E-state index in [2.05, 4.69) is 10.8 Å². The zero-order valence-corrected chi connectivity index (χ0v) is 12.7. The van der Waals surface area contributed by atoms with Crippen molar-refractivity contribution in [2.24, 2.45) is 23.7 Å². The molecule has 24 heavy (non-hydrogen) atoms. The second-order valence-corrected chi connectivity index (χ2v) is 6.52. The Labute approximate surface area is 135 Å². The van der Waals surface area contributed by atoms with Gasteiger partial charge in [0.15, 0.2) is 0 Å². The summed E-state index contributed by atoms with van der Waals surface area (Å²) in [4.78, 5) is 26.5. The maximum atomic E-state index is 12.7. The van der Waals surface area contributed by atoms with Gasteiger partial charge in [-0.1, -0.05) is 11.6 Å². The molecule has 0 radical (unpaired) electrons. The number of nitrogens with zero attached hydrogens (tertiary/aromatic N) is 1. The molecule has 4 atom stereocenters. The van der Waals surface area contributed by atoms with Crippen LogP contribution >= 0.6 is 0 Å². The predicted molar refractivity (Wildman–Crippen MR) is 78.0 cm³/mol. The molecule has 2 fully saturated rings. The summed E-state index contributed by atoms with van der Waals surface area (Å²) in [5.41, 5.74) is 1.43. The molecule has 126 valence electrons. The lowest BCUT2D eigenvalue weighted by Gasteiger charge is -2.19. The van der Waals surface area contributed by atoms with Gasteiger partial charge in [0, 0.05) is 0 Å². The van der Waals surface area contributed by atoms with E-state index in [1.807, 2.05) is 6.92 Å². The zero-order chi connectivity index (χ0) is 17.2. The van der Waals surface area contributed by atoms with Gasteiger partial charge in [0.25, 0.3) is 0 Å². The minimum Gasteiger partial charge on any atom is -0.406 e. The monoisotopic (exact) mass is 337 g/mol. The maximum absolute atomic E-state index is 12.7. The van der Waals surface area contributed by atoms with Crippen molar-refractivity contribution in [2.45, 2.75) is 19.7 Å². The molecule has 3 aliphatic rings. The molecule has 1 aliphatic heterocycles. The molecule has 1 saturated heterocycles. The summed E-state index contributed by atoms with van der Waals surface area (Å²) in [5.74, 6) is -1.37. The first-order valence-corrected chi connectivity index (χ1v) is 7.68. The molecule has 4 nitrogen and oxygen atoms in total. The number of hydrogen-bond donors (Lipinski definition) is 0. The first kappa shape index (κ1) is 15.2. The number of hydrogen-bond acceptors (Lipinski definition) is 3. The van der Waals surface area contributed by atoms with Crippen molar-refractivity contribution < 1.29 is 27.5 Å². The van der Waals surface area contributed by atoms with E-state index in [0.717, 1.165) is 29.0 Å². The summed E-state index contributed by atoms with van der Waals surface area (Å²) in [6.07, 6.45) is -1.87. The minimum atomic E-state index is -4.78. The summed E-state index contributed by atoms with van der Waals surface area (Å²) in [6.45, 7) is 1.98. The summed E-state index contributed by atoms with van der Waals surface area (Å²) >= 11 is 0. The number of halogens is 3. The Bertz CT molecular complexity index is 753. The van der Waals surface area contributed by atoms with Crippen molar-refractivity contribution in [1.29, 1.82) is 0 Å². The van der Waals surface area contributed by atoms with Crippen LogP contribution in [0.3, 0.4) is 0 Å². The molecule has 1 heterocycles. The third kappa shape index (κ3) is 2.14. The van der Waals surface area contributed by atoms with E-state index < -0.39 is 6.36 Å². The summed E-state index contributed by atoms with van der Waals surface area (Å²) < 4.78 is 40.4. The van der Waals surface area contributed by atoms with Gasteiger partial charge in [-0.3, -0.25) is 14.5 Å². The van der Waals surface area contributed by atoms with E-state index in [1.165, 1.54) is 12.1 Å². The number of amides is 2. The normalized spacial score (nSPS) is 31.5. The lowest BCUT2D eigenvalue weighted by atomic mass is 9.82. The van der Waals surface area contributed by atoms with Gasteiger partial charge in [-0.2, -0.15) is 0 Å². The van der Waals surface area contributed by atoms with Gasteiger partial charge in [-0.25, -0.2) is 0 Å². The van der Waals surface area contributed by atoms with E-state index in [9.17, 15) is 22.8 Å². The number of fused-ring (bicyclic) bond motifs is 5. The second kappa shape index (κ2) is 4.84. The molecule has 7 heteroatoms. The Hall–Kier alpha value is -2.31. The zero-order valence-electron chi connectivity index (χ0n) is 12.7. The molecule has 2 bridgehead atoms. The van der Waals surface area contributed by atoms with Crippen LogP contribution in [-0.2, 0) is 9.59 Å². The number of alkyl halides is 3. The highest BCUT2D eigenvalue weighted by atomic mass is 19.4. The predicted octanol–water partition coefficient (Wildman–Crippen LogP) is 3.29. The lowest BCUT2D eigenvalue weighted by molar-refractivity contribution is -0.274. The number of imide groups is 1. The fourth-order valence-electron chi connectivity index (χ4n) is 4.33. The Balaban J connectivity index is 1.60. The number of anilines is 1. The molecule has 0 spiro atoms. The Kier molecular flexibility index (Phi) is 3.07. The highest BCUT2D eigenvalue weighted by molar-refractivity contribution is 6.22. The third-order valence-corrected chi connectivity index (χ3v) is 5.21. The summed E-state index contributed by atoms with van der Waals surface area (Å²) in [6, 6.07) is 4.82. The molecular formula is C17H14F3NO3. The van der Waals surface area contributed by atoms with Crippen LogP contribution in [-0.4, -0.2) is 18.2 Å². The molecule has 0 N–H and O–H groups in total. The fourth-order valence-corrected chi connectivity index (χ4v) is 4.33. The van der Waals surface area contributed by atoms with Crippen LogP contribution in [0.5, 0.6) is 5.75 Å². The molecule has 4 rings (SSSR count). The topological polar surface area (TPSA) is 46.6 Å². The third-order valence-electron chi connectivity index (χ3n) is 5.21. The number of carbonyl (C=O) groups is 2. The van der Waals surface area contributed by atoms with Crippen molar-refractivity contribution >= 4 is 17.5 Å². The fraction of sp³-hybridized carbons (Fsp3) is 0.412.